The summed E-state index contributed by atoms with van der Waals surface area (Å²) in [4.78, 5) is 2.66. The molecule has 1 saturated carbocycles. The molecule has 1 saturated heterocycles. The summed E-state index contributed by atoms with van der Waals surface area (Å²) >= 11 is 0. The Morgan fingerprint density at radius 3 is 2.75 bits per heavy atom. The molecule has 1 aliphatic carbocycles. The van der Waals surface area contributed by atoms with Crippen LogP contribution in [0.2, 0.25) is 0 Å². The lowest BCUT2D eigenvalue weighted by Crippen LogP contribution is -2.45. The predicted molar refractivity (Wildman–Crippen MR) is 69.7 cm³/mol. The fourth-order valence-corrected chi connectivity index (χ4v) is 2.42. The molecule has 0 radical (unpaired) electrons. The van der Waals surface area contributed by atoms with Crippen LogP contribution in [0.25, 0.3) is 0 Å². The predicted octanol–water partition coefficient (Wildman–Crippen LogP) is 2.56. The highest BCUT2D eigenvalue weighted by Gasteiger charge is 2.25. The van der Waals surface area contributed by atoms with E-state index < -0.39 is 0 Å². The zero-order valence-electron chi connectivity index (χ0n) is 10.8. The standard InChI is InChI=1S/C14H26N2/c1-12(2)8-10-16-9-4-3-5-14(16)11-15-13-6-7-13/h8,13-15H,3-7,9-11H2,1-2H3. The summed E-state index contributed by atoms with van der Waals surface area (Å²) in [6, 6.07) is 1.64. The maximum Gasteiger partial charge on any atom is 0.0224 e. The molecule has 0 aromatic carbocycles. The number of nitrogens with one attached hydrogen (secondary N) is 1. The van der Waals surface area contributed by atoms with Gasteiger partial charge in [0.25, 0.3) is 0 Å². The molecule has 0 bridgehead atoms. The van der Waals surface area contributed by atoms with Crippen LogP contribution in [0.1, 0.15) is 46.0 Å². The lowest BCUT2D eigenvalue weighted by atomic mass is 10.0. The summed E-state index contributed by atoms with van der Waals surface area (Å²) in [5.74, 6) is 0. The third-order valence-electron chi connectivity index (χ3n) is 3.70. The van der Waals surface area contributed by atoms with Crippen molar-refractivity contribution in [2.45, 2.75) is 58.0 Å². The molecule has 1 N–H and O–H groups in total. The monoisotopic (exact) mass is 222 g/mol. The minimum Gasteiger partial charge on any atom is -0.312 e. The maximum absolute atomic E-state index is 3.68. The third kappa shape index (κ3) is 3.91. The first-order chi connectivity index (χ1) is 7.75. The van der Waals surface area contributed by atoms with Crippen LogP contribution in [0.4, 0.5) is 0 Å². The van der Waals surface area contributed by atoms with Gasteiger partial charge in [-0.3, -0.25) is 4.90 Å². The van der Waals surface area contributed by atoms with Crippen molar-refractivity contribution in [1.29, 1.82) is 0 Å². The average Bonchev–Trinajstić information content (AvgIpc) is 3.08. The van der Waals surface area contributed by atoms with E-state index in [-0.39, 0.29) is 0 Å². The molecular weight excluding hydrogens is 196 g/mol. The molecule has 1 aliphatic heterocycles. The quantitative estimate of drug-likeness (QED) is 0.719. The van der Waals surface area contributed by atoms with Crippen LogP contribution in [-0.4, -0.2) is 36.6 Å². The summed E-state index contributed by atoms with van der Waals surface area (Å²) < 4.78 is 0. The number of allylic oxidation sites excluding steroid dienone is 1. The van der Waals surface area contributed by atoms with Crippen molar-refractivity contribution in [2.75, 3.05) is 19.6 Å². The third-order valence-corrected chi connectivity index (χ3v) is 3.70. The van der Waals surface area contributed by atoms with Crippen molar-refractivity contribution in [1.82, 2.24) is 10.2 Å². The fourth-order valence-electron chi connectivity index (χ4n) is 2.42. The van der Waals surface area contributed by atoms with Crippen molar-refractivity contribution < 1.29 is 0 Å². The molecular formula is C14H26N2. The van der Waals surface area contributed by atoms with Crippen molar-refractivity contribution in [3.8, 4) is 0 Å². The van der Waals surface area contributed by atoms with Crippen molar-refractivity contribution in [2.24, 2.45) is 0 Å². The fraction of sp³-hybridized carbons (Fsp3) is 0.857. The molecule has 16 heavy (non-hydrogen) atoms. The molecule has 92 valence electrons. The van der Waals surface area contributed by atoms with Gasteiger partial charge >= 0.3 is 0 Å². The van der Waals surface area contributed by atoms with E-state index in [0.29, 0.717) is 0 Å². The van der Waals surface area contributed by atoms with Gasteiger partial charge in [0.1, 0.15) is 0 Å². The summed E-state index contributed by atoms with van der Waals surface area (Å²) in [6.45, 7) is 8.05. The van der Waals surface area contributed by atoms with Crippen molar-refractivity contribution in [3.63, 3.8) is 0 Å². The molecule has 2 rings (SSSR count). The first kappa shape index (κ1) is 12.1. The lowest BCUT2D eigenvalue weighted by molar-refractivity contribution is 0.161. The van der Waals surface area contributed by atoms with E-state index in [1.807, 2.05) is 0 Å². The van der Waals surface area contributed by atoms with E-state index in [9.17, 15) is 0 Å². The first-order valence-electron chi connectivity index (χ1n) is 6.86. The van der Waals surface area contributed by atoms with Crippen LogP contribution in [0.5, 0.6) is 0 Å². The van der Waals surface area contributed by atoms with E-state index >= 15 is 0 Å². The second-order valence-electron chi connectivity index (χ2n) is 5.61. The van der Waals surface area contributed by atoms with Gasteiger partial charge in [-0.1, -0.05) is 18.1 Å². The van der Waals surface area contributed by atoms with Gasteiger partial charge in [0, 0.05) is 25.2 Å². The number of rotatable bonds is 5. The van der Waals surface area contributed by atoms with Gasteiger partial charge in [-0.15, -0.1) is 0 Å². The highest BCUT2D eigenvalue weighted by atomic mass is 15.2. The average molecular weight is 222 g/mol. The summed E-state index contributed by atoms with van der Waals surface area (Å²) in [7, 11) is 0. The Kier molecular flexibility index (Phi) is 4.42. The van der Waals surface area contributed by atoms with Gasteiger partial charge < -0.3 is 5.32 Å². The molecule has 1 atom stereocenters. The van der Waals surface area contributed by atoms with E-state index in [0.717, 1.165) is 18.6 Å². The van der Waals surface area contributed by atoms with Gasteiger partial charge in [-0.05, 0) is 46.1 Å². The van der Waals surface area contributed by atoms with Crippen LogP contribution in [0, 0.1) is 0 Å². The zero-order valence-corrected chi connectivity index (χ0v) is 10.8. The summed E-state index contributed by atoms with van der Waals surface area (Å²) in [5.41, 5.74) is 1.44. The smallest absolute Gasteiger partial charge is 0.0224 e. The zero-order chi connectivity index (χ0) is 11.4. The van der Waals surface area contributed by atoms with Crippen LogP contribution in [-0.2, 0) is 0 Å². The normalized spacial score (nSPS) is 26.8. The van der Waals surface area contributed by atoms with E-state index in [1.165, 1.54) is 50.8 Å². The van der Waals surface area contributed by atoms with E-state index in [1.54, 1.807) is 0 Å². The molecule has 0 amide bonds. The van der Waals surface area contributed by atoms with E-state index in [4.69, 9.17) is 0 Å². The molecule has 2 heteroatoms. The minimum atomic E-state index is 0.782. The van der Waals surface area contributed by atoms with Crippen LogP contribution >= 0.6 is 0 Å². The van der Waals surface area contributed by atoms with Gasteiger partial charge in [-0.2, -0.15) is 0 Å². The van der Waals surface area contributed by atoms with Crippen molar-refractivity contribution >= 4 is 0 Å². The number of likely N-dealkylation sites (tertiary alicyclic amines) is 1. The SMILES string of the molecule is CC(C)=CCN1CCCCC1CNC1CC1. The number of piperidine rings is 1. The van der Waals surface area contributed by atoms with Crippen LogP contribution in [0.15, 0.2) is 11.6 Å². The topological polar surface area (TPSA) is 15.3 Å². The molecule has 2 nitrogen and oxygen atoms in total. The maximum atomic E-state index is 3.68. The summed E-state index contributed by atoms with van der Waals surface area (Å²) in [6.07, 6.45) is 9.37. The molecule has 1 heterocycles. The molecule has 0 aromatic heterocycles. The summed E-state index contributed by atoms with van der Waals surface area (Å²) in [5, 5.41) is 3.68. The van der Waals surface area contributed by atoms with E-state index in [2.05, 4.69) is 30.1 Å². The van der Waals surface area contributed by atoms with Crippen molar-refractivity contribution in [3.05, 3.63) is 11.6 Å². The molecule has 0 aromatic rings. The Hall–Kier alpha value is -0.340. The van der Waals surface area contributed by atoms with Gasteiger partial charge in [0.2, 0.25) is 0 Å². The number of nitrogens with zero attached hydrogens (tertiary/aromatic N) is 1. The number of hydrogen-bond donors (Lipinski definition) is 1. The Morgan fingerprint density at radius 2 is 2.06 bits per heavy atom. The second kappa shape index (κ2) is 5.83. The Balaban J connectivity index is 1.78. The lowest BCUT2D eigenvalue weighted by Gasteiger charge is -2.35. The highest BCUT2D eigenvalue weighted by Crippen LogP contribution is 2.21. The largest absolute Gasteiger partial charge is 0.312 e. The molecule has 0 spiro atoms. The highest BCUT2D eigenvalue weighted by molar-refractivity contribution is 4.97. The van der Waals surface area contributed by atoms with Gasteiger partial charge in [0.15, 0.2) is 0 Å². The second-order valence-corrected chi connectivity index (χ2v) is 5.61. The molecule has 2 fully saturated rings. The minimum absolute atomic E-state index is 0.782. The van der Waals surface area contributed by atoms with Crippen LogP contribution < -0.4 is 5.32 Å². The molecule has 1 unspecified atom stereocenters. The Bertz CT molecular complexity index is 239. The Labute approximate surface area is 100 Å². The van der Waals surface area contributed by atoms with Gasteiger partial charge in [0.05, 0.1) is 0 Å². The number of hydrogen-bond acceptors (Lipinski definition) is 2. The molecule has 2 aliphatic rings. The first-order valence-corrected chi connectivity index (χ1v) is 6.86. The Morgan fingerprint density at radius 1 is 1.25 bits per heavy atom. The van der Waals surface area contributed by atoms with Crippen LogP contribution in [0.3, 0.4) is 0 Å². The van der Waals surface area contributed by atoms with Gasteiger partial charge in [-0.25, -0.2) is 0 Å².